The summed E-state index contributed by atoms with van der Waals surface area (Å²) < 4.78 is 33.0. The molecule has 0 bridgehead atoms. The van der Waals surface area contributed by atoms with Gasteiger partial charge in [0, 0.05) is 31.2 Å². The zero-order valence-corrected chi connectivity index (χ0v) is 19.5. The van der Waals surface area contributed by atoms with Gasteiger partial charge in [0.2, 0.25) is 0 Å². The molecule has 0 unspecified atom stereocenters. The molecule has 4 rings (SSSR count). The van der Waals surface area contributed by atoms with Crippen molar-refractivity contribution in [3.05, 3.63) is 59.7 Å². The van der Waals surface area contributed by atoms with Gasteiger partial charge in [0.05, 0.1) is 17.2 Å². The third-order valence-corrected chi connectivity index (χ3v) is 7.96. The summed E-state index contributed by atoms with van der Waals surface area (Å²) in [6, 6.07) is 13.6. The number of hydrogen-bond acceptors (Lipinski definition) is 5. The Labute approximate surface area is 194 Å². The van der Waals surface area contributed by atoms with Gasteiger partial charge in [-0.3, -0.25) is 9.10 Å². The Morgan fingerprint density at radius 3 is 2.42 bits per heavy atom. The molecule has 2 aromatic carbocycles. The van der Waals surface area contributed by atoms with Crippen LogP contribution in [0.3, 0.4) is 0 Å². The largest absolute Gasteiger partial charge is 0.450 e. The highest BCUT2D eigenvalue weighted by Gasteiger charge is 2.29. The van der Waals surface area contributed by atoms with Crippen molar-refractivity contribution in [2.75, 3.05) is 30.5 Å². The van der Waals surface area contributed by atoms with Crippen molar-refractivity contribution in [3.63, 3.8) is 0 Å². The molecule has 1 N–H and O–H groups in total. The van der Waals surface area contributed by atoms with Crippen molar-refractivity contribution in [2.24, 2.45) is 0 Å². The van der Waals surface area contributed by atoms with Crippen LogP contribution in [-0.4, -0.2) is 57.6 Å². The fourth-order valence-corrected chi connectivity index (χ4v) is 5.89. The van der Waals surface area contributed by atoms with E-state index in [2.05, 4.69) is 5.32 Å². The Hall–Kier alpha value is -3.07. The van der Waals surface area contributed by atoms with Crippen molar-refractivity contribution in [2.45, 2.75) is 43.5 Å². The number of nitrogens with zero attached hydrogens (tertiary/aromatic N) is 2. The fourth-order valence-electron chi connectivity index (χ4n) is 4.34. The lowest BCUT2D eigenvalue weighted by Gasteiger charge is -2.31. The average molecular weight is 472 g/mol. The van der Waals surface area contributed by atoms with Gasteiger partial charge in [-0.1, -0.05) is 18.2 Å². The maximum Gasteiger partial charge on any atom is 0.409 e. The second kappa shape index (κ2) is 9.82. The number of carbonyl (C=O) groups is 2. The number of fused-ring (bicyclic) bond motifs is 1. The number of rotatable bonds is 5. The summed E-state index contributed by atoms with van der Waals surface area (Å²) in [4.78, 5) is 26.3. The van der Waals surface area contributed by atoms with Crippen molar-refractivity contribution >= 4 is 27.7 Å². The standard InChI is InChI=1S/C24H29N3O5S/c1-2-32-24(29)26-16-13-20(14-17-26)25-23(28)19-9-11-21(12-10-19)33(30,31)27-15-5-7-18-6-3-4-8-22(18)27/h3-4,6,8-12,20H,2,5,7,13-17H2,1H3,(H,25,28). The number of benzene rings is 2. The summed E-state index contributed by atoms with van der Waals surface area (Å²) in [5.41, 5.74) is 2.15. The highest BCUT2D eigenvalue weighted by molar-refractivity contribution is 7.92. The van der Waals surface area contributed by atoms with Gasteiger partial charge in [0.15, 0.2) is 0 Å². The van der Waals surface area contributed by atoms with Crippen molar-refractivity contribution in [1.82, 2.24) is 10.2 Å². The number of ether oxygens (including phenoxy) is 1. The van der Waals surface area contributed by atoms with Crippen molar-refractivity contribution < 1.29 is 22.7 Å². The highest BCUT2D eigenvalue weighted by atomic mass is 32.2. The number of likely N-dealkylation sites (tertiary alicyclic amines) is 1. The van der Waals surface area contributed by atoms with Crippen LogP contribution in [0.4, 0.5) is 10.5 Å². The van der Waals surface area contributed by atoms with Gasteiger partial charge < -0.3 is 15.0 Å². The second-order valence-corrected chi connectivity index (χ2v) is 10.1. The fraction of sp³-hybridized carbons (Fsp3) is 0.417. The first-order valence-electron chi connectivity index (χ1n) is 11.3. The van der Waals surface area contributed by atoms with Crippen LogP contribution >= 0.6 is 0 Å². The van der Waals surface area contributed by atoms with Crippen molar-refractivity contribution in [1.29, 1.82) is 0 Å². The Morgan fingerprint density at radius 1 is 1.03 bits per heavy atom. The zero-order valence-electron chi connectivity index (χ0n) is 18.7. The molecular weight excluding hydrogens is 442 g/mol. The first kappa shape index (κ1) is 23.1. The number of aryl methyl sites for hydroxylation is 1. The van der Waals surface area contributed by atoms with Gasteiger partial charge in [0.25, 0.3) is 15.9 Å². The van der Waals surface area contributed by atoms with E-state index in [0.29, 0.717) is 44.6 Å². The molecule has 2 aliphatic heterocycles. The van der Waals surface area contributed by atoms with Crippen LogP contribution in [0.5, 0.6) is 0 Å². The molecule has 0 aliphatic carbocycles. The molecule has 0 atom stereocenters. The third-order valence-electron chi connectivity index (χ3n) is 6.13. The predicted molar refractivity (Wildman–Crippen MR) is 125 cm³/mol. The van der Waals surface area contributed by atoms with Gasteiger partial charge in [-0.2, -0.15) is 0 Å². The molecule has 0 spiro atoms. The minimum Gasteiger partial charge on any atom is -0.450 e. The van der Waals surface area contributed by atoms with E-state index in [-0.39, 0.29) is 22.9 Å². The summed E-state index contributed by atoms with van der Waals surface area (Å²) in [5, 5.41) is 2.98. The Kier molecular flexibility index (Phi) is 6.88. The predicted octanol–water partition coefficient (Wildman–Crippen LogP) is 3.18. The number of nitrogens with one attached hydrogen (secondary N) is 1. The molecule has 176 valence electrons. The van der Waals surface area contributed by atoms with Gasteiger partial charge in [-0.15, -0.1) is 0 Å². The normalized spacial score (nSPS) is 16.8. The van der Waals surface area contributed by atoms with E-state index in [1.54, 1.807) is 24.0 Å². The molecule has 33 heavy (non-hydrogen) atoms. The molecule has 9 heteroatoms. The first-order chi connectivity index (χ1) is 15.9. The Balaban J connectivity index is 1.39. The summed E-state index contributed by atoms with van der Waals surface area (Å²) in [6.07, 6.45) is 2.60. The van der Waals surface area contributed by atoms with Crippen LogP contribution in [0.2, 0.25) is 0 Å². The molecule has 2 aromatic rings. The van der Waals surface area contributed by atoms with Crippen LogP contribution in [0, 0.1) is 0 Å². The van der Waals surface area contributed by atoms with Crippen LogP contribution in [0.1, 0.15) is 42.1 Å². The smallest absolute Gasteiger partial charge is 0.409 e. The van der Waals surface area contributed by atoms with Gasteiger partial charge in [-0.25, -0.2) is 13.2 Å². The van der Waals surface area contributed by atoms with E-state index in [1.165, 1.54) is 16.4 Å². The van der Waals surface area contributed by atoms with Crippen LogP contribution in [-0.2, 0) is 21.2 Å². The van der Waals surface area contributed by atoms with E-state index in [4.69, 9.17) is 4.74 Å². The van der Waals surface area contributed by atoms with E-state index < -0.39 is 10.0 Å². The lowest BCUT2D eigenvalue weighted by atomic mass is 10.0. The van der Waals surface area contributed by atoms with E-state index in [9.17, 15) is 18.0 Å². The number of piperidine rings is 1. The molecule has 1 saturated heterocycles. The molecule has 2 heterocycles. The Bertz CT molecular complexity index is 1110. The number of para-hydroxylation sites is 1. The monoisotopic (exact) mass is 471 g/mol. The lowest BCUT2D eigenvalue weighted by molar-refractivity contribution is 0.0860. The summed E-state index contributed by atoms with van der Waals surface area (Å²) in [7, 11) is -3.71. The van der Waals surface area contributed by atoms with Crippen molar-refractivity contribution in [3.8, 4) is 0 Å². The van der Waals surface area contributed by atoms with Crippen LogP contribution in [0.25, 0.3) is 0 Å². The van der Waals surface area contributed by atoms with E-state index in [0.717, 1.165) is 24.1 Å². The van der Waals surface area contributed by atoms with E-state index >= 15 is 0 Å². The maximum absolute atomic E-state index is 13.3. The molecular formula is C24H29N3O5S. The Morgan fingerprint density at radius 2 is 1.73 bits per heavy atom. The van der Waals surface area contributed by atoms with E-state index in [1.807, 2.05) is 24.3 Å². The second-order valence-electron chi connectivity index (χ2n) is 8.27. The number of anilines is 1. The number of sulfonamides is 1. The zero-order chi connectivity index (χ0) is 23.4. The number of carbonyl (C=O) groups excluding carboxylic acids is 2. The average Bonchev–Trinajstić information content (AvgIpc) is 2.84. The summed E-state index contributed by atoms with van der Waals surface area (Å²) in [5.74, 6) is -0.253. The summed E-state index contributed by atoms with van der Waals surface area (Å²) in [6.45, 7) is 3.60. The maximum atomic E-state index is 13.3. The lowest BCUT2D eigenvalue weighted by Crippen LogP contribution is -2.46. The minimum absolute atomic E-state index is 0.0450. The topological polar surface area (TPSA) is 96.0 Å². The quantitative estimate of drug-likeness (QED) is 0.723. The van der Waals surface area contributed by atoms with Crippen LogP contribution in [0.15, 0.2) is 53.4 Å². The number of hydrogen-bond donors (Lipinski definition) is 1. The van der Waals surface area contributed by atoms with Gasteiger partial charge in [0.1, 0.15) is 0 Å². The minimum atomic E-state index is -3.71. The molecule has 1 fully saturated rings. The molecule has 0 radical (unpaired) electrons. The van der Waals surface area contributed by atoms with Crippen LogP contribution < -0.4 is 9.62 Å². The third kappa shape index (κ3) is 4.98. The molecule has 2 aliphatic rings. The molecule has 0 saturated carbocycles. The highest BCUT2D eigenvalue weighted by Crippen LogP contribution is 2.31. The van der Waals surface area contributed by atoms with Gasteiger partial charge in [-0.05, 0) is 68.5 Å². The first-order valence-corrected chi connectivity index (χ1v) is 12.8. The molecule has 8 nitrogen and oxygen atoms in total. The SMILES string of the molecule is CCOC(=O)N1CCC(NC(=O)c2ccc(S(=O)(=O)N3CCCc4ccccc43)cc2)CC1. The molecule has 2 amide bonds. The van der Waals surface area contributed by atoms with Gasteiger partial charge >= 0.3 is 6.09 Å². The summed E-state index contributed by atoms with van der Waals surface area (Å²) >= 11 is 0. The molecule has 0 aromatic heterocycles. The number of amides is 2.